The van der Waals surface area contributed by atoms with Crippen molar-refractivity contribution in [3.63, 3.8) is 0 Å². The molecule has 2 atom stereocenters. The second kappa shape index (κ2) is 25.6. The lowest BCUT2D eigenvalue weighted by Crippen LogP contribution is -2.28. The number of carbonyl (C=O) groups excluding carboxylic acids is 2. The van der Waals surface area contributed by atoms with Crippen LogP contribution in [0, 0.1) is 5.92 Å². The molecule has 5 heteroatoms. The molecular weight excluding hydrogens is 242 g/mol. The van der Waals surface area contributed by atoms with Crippen LogP contribution >= 0.6 is 0 Å². The molecule has 0 fully saturated rings. The van der Waals surface area contributed by atoms with Gasteiger partial charge in [-0.15, -0.1) is 6.58 Å². The second-order valence-corrected chi connectivity index (χ2v) is 3.50. The number of nitrogens with two attached hydrogens (primary N) is 2. The van der Waals surface area contributed by atoms with Gasteiger partial charge in [0.05, 0.1) is 12.6 Å². The van der Waals surface area contributed by atoms with Gasteiger partial charge in [-0.05, 0) is 19.9 Å². The number of rotatable bonds is 5. The van der Waals surface area contributed by atoms with E-state index in [0.29, 0.717) is 5.92 Å². The lowest BCUT2D eigenvalue weighted by atomic mass is 10.0. The molecule has 0 aliphatic rings. The van der Waals surface area contributed by atoms with E-state index in [4.69, 9.17) is 11.5 Å². The number of carbonyl (C=O) groups is 2. The Bertz CT molecular complexity index is 197. The summed E-state index contributed by atoms with van der Waals surface area (Å²) in [6, 6.07) is -0.264. The summed E-state index contributed by atoms with van der Waals surface area (Å²) in [5, 5.41) is 2.59. The van der Waals surface area contributed by atoms with Gasteiger partial charge in [0.1, 0.15) is 6.29 Å². The maximum atomic E-state index is 9.98. The molecule has 0 saturated carbocycles. The zero-order chi connectivity index (χ0) is 16.3. The van der Waals surface area contributed by atoms with Crippen LogP contribution in [0.25, 0.3) is 0 Å². The SMILES string of the molecule is C=CC.CC.CCC(C)C(N)C=O.CNCC(N)=O. The van der Waals surface area contributed by atoms with Crippen LogP contribution in [0.2, 0.25) is 0 Å². The molecule has 5 nitrogen and oxygen atoms in total. The maximum Gasteiger partial charge on any atom is 0.231 e. The maximum absolute atomic E-state index is 9.98. The summed E-state index contributed by atoms with van der Waals surface area (Å²) in [5.74, 6) is 0.00463. The average molecular weight is 275 g/mol. The summed E-state index contributed by atoms with van der Waals surface area (Å²) in [4.78, 5) is 19.7. The predicted molar refractivity (Wildman–Crippen MR) is 83.8 cm³/mol. The van der Waals surface area contributed by atoms with E-state index in [9.17, 15) is 9.59 Å². The van der Waals surface area contributed by atoms with E-state index in [1.54, 1.807) is 13.1 Å². The van der Waals surface area contributed by atoms with Gasteiger partial charge in [0, 0.05) is 0 Å². The molecule has 1 amide bonds. The Labute approximate surface area is 118 Å². The third-order valence-corrected chi connectivity index (χ3v) is 1.81. The van der Waals surface area contributed by atoms with Gasteiger partial charge in [-0.1, -0.05) is 40.2 Å². The minimum Gasteiger partial charge on any atom is -0.369 e. The molecule has 0 heterocycles. The van der Waals surface area contributed by atoms with Crippen molar-refractivity contribution in [3.8, 4) is 0 Å². The van der Waals surface area contributed by atoms with Gasteiger partial charge in [0.25, 0.3) is 0 Å². The third kappa shape index (κ3) is 38.3. The summed E-state index contributed by atoms with van der Waals surface area (Å²) >= 11 is 0. The van der Waals surface area contributed by atoms with Crippen molar-refractivity contribution in [1.29, 1.82) is 0 Å². The van der Waals surface area contributed by atoms with Crippen molar-refractivity contribution < 1.29 is 9.59 Å². The van der Waals surface area contributed by atoms with Gasteiger partial charge in [0.2, 0.25) is 5.91 Å². The third-order valence-electron chi connectivity index (χ3n) is 1.81. The first-order chi connectivity index (χ1) is 8.90. The fourth-order valence-electron chi connectivity index (χ4n) is 0.581. The molecule has 0 aromatic heterocycles. The van der Waals surface area contributed by atoms with Gasteiger partial charge in [-0.25, -0.2) is 0 Å². The quantitative estimate of drug-likeness (QED) is 0.522. The van der Waals surface area contributed by atoms with Gasteiger partial charge < -0.3 is 21.6 Å². The molecule has 2 unspecified atom stereocenters. The molecule has 0 radical (unpaired) electrons. The number of amides is 1. The Balaban J connectivity index is -0.0000000904. The lowest BCUT2D eigenvalue weighted by molar-refractivity contribution is -0.117. The fourth-order valence-corrected chi connectivity index (χ4v) is 0.581. The fraction of sp³-hybridized carbons (Fsp3) is 0.714. The minimum absolute atomic E-state index is 0.264. The Morgan fingerprint density at radius 3 is 1.84 bits per heavy atom. The lowest BCUT2D eigenvalue weighted by Gasteiger charge is -2.09. The van der Waals surface area contributed by atoms with Crippen LogP contribution in [-0.4, -0.2) is 31.8 Å². The highest BCUT2D eigenvalue weighted by atomic mass is 16.1. The Morgan fingerprint density at radius 2 is 1.79 bits per heavy atom. The van der Waals surface area contributed by atoms with E-state index in [1.165, 1.54) is 0 Å². The number of hydrogen-bond donors (Lipinski definition) is 3. The van der Waals surface area contributed by atoms with Crippen LogP contribution in [0.15, 0.2) is 12.7 Å². The average Bonchev–Trinajstić information content (AvgIpc) is 2.40. The summed E-state index contributed by atoms with van der Waals surface area (Å²) in [5.41, 5.74) is 10.1. The number of aldehydes is 1. The second-order valence-electron chi connectivity index (χ2n) is 3.50. The summed E-state index contributed by atoms with van der Waals surface area (Å²) in [7, 11) is 1.67. The molecule has 116 valence electrons. The highest BCUT2D eigenvalue weighted by Crippen LogP contribution is 2.01. The van der Waals surface area contributed by atoms with E-state index in [0.717, 1.165) is 12.7 Å². The Morgan fingerprint density at radius 1 is 1.42 bits per heavy atom. The van der Waals surface area contributed by atoms with Gasteiger partial charge >= 0.3 is 0 Å². The topological polar surface area (TPSA) is 98.2 Å². The molecule has 0 saturated heterocycles. The van der Waals surface area contributed by atoms with Crippen molar-refractivity contribution in [2.45, 2.75) is 47.1 Å². The first-order valence-corrected chi connectivity index (χ1v) is 6.61. The van der Waals surface area contributed by atoms with Crippen molar-refractivity contribution >= 4 is 12.2 Å². The standard InChI is InChI=1S/C6H13NO.C3H8N2O.C3H6.C2H6/c1-3-5(2)6(7)4-8;1-5-2-3(4)6;1-3-2;1-2/h4-6H,3,7H2,1-2H3;5H,2H2,1H3,(H2,4,6);3H,1H2,2H3;1-2H3. The molecule has 0 bridgehead atoms. The molecule has 0 aromatic rings. The van der Waals surface area contributed by atoms with Crippen LogP contribution in [0.3, 0.4) is 0 Å². The van der Waals surface area contributed by atoms with Crippen LogP contribution < -0.4 is 16.8 Å². The largest absolute Gasteiger partial charge is 0.369 e. The van der Waals surface area contributed by atoms with E-state index >= 15 is 0 Å². The van der Waals surface area contributed by atoms with Gasteiger partial charge in [-0.2, -0.15) is 0 Å². The minimum atomic E-state index is -0.322. The highest BCUT2D eigenvalue weighted by molar-refractivity contribution is 5.75. The van der Waals surface area contributed by atoms with Crippen LogP contribution in [-0.2, 0) is 9.59 Å². The molecule has 19 heavy (non-hydrogen) atoms. The van der Waals surface area contributed by atoms with E-state index in [-0.39, 0.29) is 18.5 Å². The first kappa shape index (κ1) is 26.4. The van der Waals surface area contributed by atoms with Crippen LogP contribution in [0.5, 0.6) is 0 Å². The molecular formula is C14H33N3O2. The smallest absolute Gasteiger partial charge is 0.231 e. The zero-order valence-corrected chi connectivity index (χ0v) is 13.4. The first-order valence-electron chi connectivity index (χ1n) is 6.61. The molecule has 0 aromatic carbocycles. The van der Waals surface area contributed by atoms with Crippen molar-refractivity contribution in [3.05, 3.63) is 12.7 Å². The molecule has 0 aliphatic carbocycles. The number of primary amides is 1. The molecule has 0 aliphatic heterocycles. The summed E-state index contributed by atoms with van der Waals surface area (Å²) < 4.78 is 0. The van der Waals surface area contributed by atoms with Gasteiger partial charge in [-0.3, -0.25) is 4.79 Å². The van der Waals surface area contributed by atoms with Crippen molar-refractivity contribution in [2.24, 2.45) is 17.4 Å². The molecule has 0 spiro atoms. The predicted octanol–water partition coefficient (Wildman–Crippen LogP) is 1.47. The normalized spacial score (nSPS) is 10.9. The number of likely N-dealkylation sites (N-methyl/N-ethyl adjacent to an activating group) is 1. The highest BCUT2D eigenvalue weighted by Gasteiger charge is 2.07. The summed E-state index contributed by atoms with van der Waals surface area (Å²) in [6.07, 6.45) is 3.52. The summed E-state index contributed by atoms with van der Waals surface area (Å²) in [6.45, 7) is 13.5. The van der Waals surface area contributed by atoms with E-state index in [2.05, 4.69) is 11.9 Å². The van der Waals surface area contributed by atoms with Crippen LogP contribution in [0.4, 0.5) is 0 Å². The molecule has 5 N–H and O–H groups in total. The monoisotopic (exact) mass is 275 g/mol. The van der Waals surface area contributed by atoms with Crippen molar-refractivity contribution in [1.82, 2.24) is 5.32 Å². The van der Waals surface area contributed by atoms with E-state index < -0.39 is 0 Å². The number of hydrogen-bond acceptors (Lipinski definition) is 4. The molecule has 0 rings (SSSR count). The van der Waals surface area contributed by atoms with E-state index in [1.807, 2.05) is 34.6 Å². The number of allylic oxidation sites excluding steroid dienone is 1. The van der Waals surface area contributed by atoms with Crippen molar-refractivity contribution in [2.75, 3.05) is 13.6 Å². The number of nitrogens with one attached hydrogen (secondary N) is 1. The zero-order valence-electron chi connectivity index (χ0n) is 13.4. The van der Waals surface area contributed by atoms with Gasteiger partial charge in [0.15, 0.2) is 0 Å². The Kier molecular flexibility index (Phi) is 35.5. The van der Waals surface area contributed by atoms with Crippen LogP contribution in [0.1, 0.15) is 41.0 Å². The Hall–Kier alpha value is -1.20.